The lowest BCUT2D eigenvalue weighted by Gasteiger charge is -2.17. The van der Waals surface area contributed by atoms with Gasteiger partial charge in [0.15, 0.2) is 0 Å². The van der Waals surface area contributed by atoms with Crippen LogP contribution in [0, 0.1) is 6.92 Å². The van der Waals surface area contributed by atoms with Gasteiger partial charge in [-0.3, -0.25) is 4.79 Å². The molecule has 0 aliphatic heterocycles. The molecule has 0 fully saturated rings. The molecule has 0 aliphatic carbocycles. The third-order valence-corrected chi connectivity index (χ3v) is 5.49. The highest BCUT2D eigenvalue weighted by atomic mass is 32.2. The summed E-state index contributed by atoms with van der Waals surface area (Å²) in [5, 5.41) is 13.4. The van der Waals surface area contributed by atoms with Crippen LogP contribution in [0.15, 0.2) is 53.8 Å². The van der Waals surface area contributed by atoms with Crippen molar-refractivity contribution in [3.05, 3.63) is 54.5 Å². The Morgan fingerprint density at radius 3 is 2.78 bits per heavy atom. The number of aryl methyl sites for hydroxylation is 1. The second-order valence-electron chi connectivity index (χ2n) is 5.78. The molecule has 27 heavy (non-hydrogen) atoms. The summed E-state index contributed by atoms with van der Waals surface area (Å²) in [7, 11) is -2.54. The lowest BCUT2D eigenvalue weighted by molar-refractivity contribution is -0.116. The summed E-state index contributed by atoms with van der Waals surface area (Å²) in [4.78, 5) is 16.2. The molecule has 0 spiro atoms. The predicted octanol–water partition coefficient (Wildman–Crippen LogP) is 0.625. The zero-order chi connectivity index (χ0) is 19.4. The summed E-state index contributed by atoms with van der Waals surface area (Å²) in [5.74, 6) is -0.123. The molecule has 0 atom stereocenters. The fourth-order valence-electron chi connectivity index (χ4n) is 2.32. The Hall–Kier alpha value is -3.18. The number of pyridine rings is 1. The molecular weight excluding hydrogens is 370 g/mol. The molecule has 0 bridgehead atoms. The van der Waals surface area contributed by atoms with Crippen LogP contribution in [0.3, 0.4) is 0 Å². The first-order valence-electron chi connectivity index (χ1n) is 7.88. The first kappa shape index (κ1) is 18.6. The molecule has 3 rings (SSSR count). The van der Waals surface area contributed by atoms with E-state index in [-0.39, 0.29) is 11.4 Å². The van der Waals surface area contributed by atoms with Crippen LogP contribution in [0.5, 0.6) is 0 Å². The van der Waals surface area contributed by atoms with Gasteiger partial charge in [-0.25, -0.2) is 18.1 Å². The number of aromatic nitrogens is 5. The van der Waals surface area contributed by atoms with Gasteiger partial charge in [-0.2, -0.15) is 4.31 Å². The van der Waals surface area contributed by atoms with Crippen molar-refractivity contribution in [2.75, 3.05) is 18.9 Å². The first-order valence-corrected chi connectivity index (χ1v) is 9.32. The van der Waals surface area contributed by atoms with Gasteiger partial charge in [-0.05, 0) is 53.2 Å². The molecule has 1 N–H and O–H groups in total. The van der Waals surface area contributed by atoms with Crippen molar-refractivity contribution in [3.63, 3.8) is 0 Å². The van der Waals surface area contributed by atoms with Crippen LogP contribution in [0.1, 0.15) is 5.56 Å². The maximum atomic E-state index is 12.8. The average molecular weight is 387 g/mol. The Balaban J connectivity index is 1.74. The molecule has 1 aromatic carbocycles. The van der Waals surface area contributed by atoms with Crippen molar-refractivity contribution in [3.8, 4) is 5.69 Å². The number of amides is 1. The molecule has 2 heterocycles. The zero-order valence-corrected chi connectivity index (χ0v) is 15.5. The largest absolute Gasteiger partial charge is 0.310 e. The number of carbonyl (C=O) groups excluding carboxylic acids is 1. The smallest absolute Gasteiger partial charge is 0.243 e. The van der Waals surface area contributed by atoms with Crippen LogP contribution in [0.4, 0.5) is 5.82 Å². The molecule has 3 aromatic rings. The topological polar surface area (TPSA) is 123 Å². The molecule has 140 valence electrons. The Morgan fingerprint density at radius 1 is 1.26 bits per heavy atom. The quantitative estimate of drug-likeness (QED) is 0.658. The van der Waals surface area contributed by atoms with E-state index in [9.17, 15) is 13.2 Å². The van der Waals surface area contributed by atoms with Crippen molar-refractivity contribution in [2.45, 2.75) is 11.8 Å². The maximum Gasteiger partial charge on any atom is 0.243 e. The van der Waals surface area contributed by atoms with Gasteiger partial charge in [0.05, 0.1) is 17.1 Å². The van der Waals surface area contributed by atoms with Crippen LogP contribution in [0.25, 0.3) is 5.69 Å². The van der Waals surface area contributed by atoms with Gasteiger partial charge >= 0.3 is 0 Å². The van der Waals surface area contributed by atoms with E-state index in [1.165, 1.54) is 30.2 Å². The molecule has 0 radical (unpaired) electrons. The van der Waals surface area contributed by atoms with Gasteiger partial charge < -0.3 is 5.32 Å². The lowest BCUT2D eigenvalue weighted by atomic mass is 10.3. The van der Waals surface area contributed by atoms with E-state index in [2.05, 4.69) is 25.8 Å². The van der Waals surface area contributed by atoms with E-state index in [1.807, 2.05) is 6.92 Å². The zero-order valence-electron chi connectivity index (χ0n) is 14.6. The van der Waals surface area contributed by atoms with E-state index < -0.39 is 15.9 Å². The number of nitrogens with zero attached hydrogens (tertiary/aromatic N) is 6. The maximum absolute atomic E-state index is 12.8. The van der Waals surface area contributed by atoms with Gasteiger partial charge in [0.1, 0.15) is 12.1 Å². The van der Waals surface area contributed by atoms with Crippen molar-refractivity contribution in [1.82, 2.24) is 29.5 Å². The van der Waals surface area contributed by atoms with Crippen LogP contribution < -0.4 is 5.32 Å². The average Bonchev–Trinajstić information content (AvgIpc) is 3.16. The van der Waals surface area contributed by atoms with Gasteiger partial charge in [0.25, 0.3) is 0 Å². The summed E-state index contributed by atoms with van der Waals surface area (Å²) in [6.07, 6.45) is 2.92. The minimum absolute atomic E-state index is 0.0273. The Kier molecular flexibility index (Phi) is 5.23. The Bertz CT molecular complexity index is 1050. The summed E-state index contributed by atoms with van der Waals surface area (Å²) >= 11 is 0. The number of carbonyl (C=O) groups is 1. The molecule has 0 unspecified atom stereocenters. The standard InChI is InChI=1S/C16H17N7O3S/c1-12-6-7-17-15(8-12)19-16(24)10-22(2)27(25,26)14-5-3-4-13(9-14)23-11-18-20-21-23/h3-9,11H,10H2,1-2H3,(H,17,19,24). The summed E-state index contributed by atoms with van der Waals surface area (Å²) in [6.45, 7) is 1.51. The highest BCUT2D eigenvalue weighted by Gasteiger charge is 2.23. The van der Waals surface area contributed by atoms with Crippen molar-refractivity contribution < 1.29 is 13.2 Å². The number of likely N-dealkylation sites (N-methyl/N-ethyl adjacent to an activating group) is 1. The Morgan fingerprint density at radius 2 is 2.07 bits per heavy atom. The first-order chi connectivity index (χ1) is 12.9. The van der Waals surface area contributed by atoms with Crippen molar-refractivity contribution >= 4 is 21.7 Å². The number of hydrogen-bond donors (Lipinski definition) is 1. The number of hydrogen-bond acceptors (Lipinski definition) is 7. The second kappa shape index (κ2) is 7.60. The van der Waals surface area contributed by atoms with Gasteiger partial charge in [-0.15, -0.1) is 5.10 Å². The van der Waals surface area contributed by atoms with Gasteiger partial charge in [0.2, 0.25) is 15.9 Å². The van der Waals surface area contributed by atoms with Gasteiger partial charge in [0, 0.05) is 13.2 Å². The minimum atomic E-state index is -3.88. The number of benzene rings is 1. The molecular formula is C16H17N7O3S. The van der Waals surface area contributed by atoms with Crippen LogP contribution in [0.2, 0.25) is 0 Å². The number of sulfonamides is 1. The van der Waals surface area contributed by atoms with E-state index >= 15 is 0 Å². The van der Waals surface area contributed by atoms with E-state index in [4.69, 9.17) is 0 Å². The summed E-state index contributed by atoms with van der Waals surface area (Å²) in [6, 6.07) is 9.62. The predicted molar refractivity (Wildman–Crippen MR) is 96.6 cm³/mol. The normalized spacial score (nSPS) is 11.5. The van der Waals surface area contributed by atoms with E-state index in [0.717, 1.165) is 9.87 Å². The van der Waals surface area contributed by atoms with Crippen LogP contribution in [-0.2, 0) is 14.8 Å². The van der Waals surface area contributed by atoms with Gasteiger partial charge in [-0.1, -0.05) is 6.07 Å². The van der Waals surface area contributed by atoms with Crippen LogP contribution >= 0.6 is 0 Å². The number of nitrogens with one attached hydrogen (secondary N) is 1. The SMILES string of the molecule is Cc1ccnc(NC(=O)CN(C)S(=O)(=O)c2cccc(-n3cnnn3)c2)c1. The lowest BCUT2D eigenvalue weighted by Crippen LogP contribution is -2.35. The van der Waals surface area contributed by atoms with E-state index in [1.54, 1.807) is 30.5 Å². The van der Waals surface area contributed by atoms with Crippen molar-refractivity contribution in [1.29, 1.82) is 0 Å². The van der Waals surface area contributed by atoms with Crippen molar-refractivity contribution in [2.24, 2.45) is 0 Å². The molecule has 0 aliphatic rings. The third kappa shape index (κ3) is 4.33. The molecule has 2 aromatic heterocycles. The molecule has 11 heteroatoms. The van der Waals surface area contributed by atoms with Crippen LogP contribution in [-0.4, -0.2) is 57.4 Å². The number of rotatable bonds is 6. The molecule has 10 nitrogen and oxygen atoms in total. The summed E-state index contributed by atoms with van der Waals surface area (Å²) in [5.41, 5.74) is 1.42. The van der Waals surface area contributed by atoms with E-state index in [0.29, 0.717) is 11.5 Å². The Labute approximate surface area is 155 Å². The highest BCUT2D eigenvalue weighted by molar-refractivity contribution is 7.89. The molecule has 0 saturated heterocycles. The number of tetrazole rings is 1. The highest BCUT2D eigenvalue weighted by Crippen LogP contribution is 2.17. The second-order valence-corrected chi connectivity index (χ2v) is 7.82. The minimum Gasteiger partial charge on any atom is -0.310 e. The third-order valence-electron chi connectivity index (χ3n) is 3.69. The monoisotopic (exact) mass is 387 g/mol. The summed E-state index contributed by atoms with van der Waals surface area (Å²) < 4.78 is 27.8. The number of anilines is 1. The fraction of sp³-hybridized carbons (Fsp3) is 0.188. The molecule has 1 amide bonds. The fourth-order valence-corrected chi connectivity index (χ4v) is 3.49. The molecule has 0 saturated carbocycles.